The molecule has 3 aliphatic rings. The second-order valence-corrected chi connectivity index (χ2v) is 6.12. The first-order chi connectivity index (χ1) is 9.31. The van der Waals surface area contributed by atoms with Gasteiger partial charge in [-0.2, -0.15) is 0 Å². The number of hydrogen-bond acceptors (Lipinski definition) is 6. The van der Waals surface area contributed by atoms with Crippen LogP contribution < -0.4 is 0 Å². The molecule has 0 spiro atoms. The molecule has 3 rings (SSSR count). The van der Waals surface area contributed by atoms with Crippen LogP contribution in [0.15, 0.2) is 5.11 Å². The third kappa shape index (κ3) is 2.39. The van der Waals surface area contributed by atoms with E-state index in [1.807, 2.05) is 27.7 Å². The van der Waals surface area contributed by atoms with E-state index in [0.717, 1.165) is 0 Å². The van der Waals surface area contributed by atoms with Crippen LogP contribution in [0.4, 0.5) is 0 Å². The number of rotatable bonds is 2. The third-order valence-corrected chi connectivity index (χ3v) is 3.57. The number of nitrogens with zero attached hydrogens (tertiary/aromatic N) is 3. The van der Waals surface area contributed by atoms with Gasteiger partial charge in [-0.15, -0.1) is 0 Å². The first-order valence-corrected chi connectivity index (χ1v) is 6.69. The lowest BCUT2D eigenvalue weighted by Gasteiger charge is -2.43. The molecule has 0 aromatic carbocycles. The highest BCUT2D eigenvalue weighted by atomic mass is 16.9. The summed E-state index contributed by atoms with van der Waals surface area (Å²) in [5.41, 5.74) is 8.48. The zero-order valence-corrected chi connectivity index (χ0v) is 12.0. The summed E-state index contributed by atoms with van der Waals surface area (Å²) in [5, 5.41) is 3.58. The average Bonchev–Trinajstić information content (AvgIpc) is 2.78. The van der Waals surface area contributed by atoms with Crippen molar-refractivity contribution in [2.24, 2.45) is 5.11 Å². The monoisotopic (exact) mass is 285 g/mol. The van der Waals surface area contributed by atoms with E-state index in [0.29, 0.717) is 0 Å². The van der Waals surface area contributed by atoms with Crippen LogP contribution in [0.3, 0.4) is 0 Å². The molecular formula is C12H19N3O5. The number of fused-ring (bicyclic) bond motifs is 3. The maximum Gasteiger partial charge on any atom is 0.190 e. The molecule has 8 nitrogen and oxygen atoms in total. The Kier molecular flexibility index (Phi) is 3.20. The van der Waals surface area contributed by atoms with Gasteiger partial charge in [-0.25, -0.2) is 0 Å². The average molecular weight is 285 g/mol. The number of hydrogen-bond donors (Lipinski definition) is 0. The van der Waals surface area contributed by atoms with E-state index in [4.69, 9.17) is 29.2 Å². The van der Waals surface area contributed by atoms with Crippen LogP contribution in [-0.2, 0) is 23.7 Å². The molecule has 3 saturated heterocycles. The van der Waals surface area contributed by atoms with Gasteiger partial charge in [0, 0.05) is 4.91 Å². The van der Waals surface area contributed by atoms with Gasteiger partial charge in [-0.3, -0.25) is 0 Å². The molecule has 0 aliphatic carbocycles. The maximum atomic E-state index is 8.48. The van der Waals surface area contributed by atoms with E-state index in [1.54, 1.807) is 0 Å². The highest BCUT2D eigenvalue weighted by molar-refractivity contribution is 5.00. The number of ether oxygens (including phenoxy) is 5. The van der Waals surface area contributed by atoms with Crippen molar-refractivity contribution in [3.05, 3.63) is 10.4 Å². The van der Waals surface area contributed by atoms with Crippen LogP contribution in [0.1, 0.15) is 27.7 Å². The van der Waals surface area contributed by atoms with Gasteiger partial charge >= 0.3 is 0 Å². The Balaban J connectivity index is 1.82. The summed E-state index contributed by atoms with van der Waals surface area (Å²) in [4.78, 5) is 2.77. The van der Waals surface area contributed by atoms with Crippen LogP contribution in [0, 0.1) is 0 Å². The fraction of sp³-hybridized carbons (Fsp3) is 1.00. The summed E-state index contributed by atoms with van der Waals surface area (Å²) in [7, 11) is 0. The molecule has 3 aliphatic heterocycles. The molecule has 0 N–H and O–H groups in total. The van der Waals surface area contributed by atoms with E-state index in [2.05, 4.69) is 10.0 Å². The Labute approximate surface area is 116 Å². The standard InChI is InChI=1S/C12H19N3O5/c1-11(2)17-6(5-14-15-13)7-8(18-11)9-10(16-7)20-12(3,4)19-9/h6-10H,5H2,1-4H3/t6-,7+,8-,9+,10+/m0/s1. The Hall–Kier alpha value is -0.890. The quantitative estimate of drug-likeness (QED) is 0.437. The van der Waals surface area contributed by atoms with E-state index in [1.165, 1.54) is 0 Å². The molecule has 0 bridgehead atoms. The molecule has 112 valence electrons. The predicted octanol–water partition coefficient (Wildman–Crippen LogP) is 1.69. The topological polar surface area (TPSA) is 94.9 Å². The van der Waals surface area contributed by atoms with Gasteiger partial charge in [0.05, 0.1) is 12.6 Å². The van der Waals surface area contributed by atoms with Gasteiger partial charge in [-0.1, -0.05) is 5.11 Å². The summed E-state index contributed by atoms with van der Waals surface area (Å²) in [6.07, 6.45) is -1.82. The van der Waals surface area contributed by atoms with Crippen molar-refractivity contribution in [2.75, 3.05) is 6.54 Å². The predicted molar refractivity (Wildman–Crippen MR) is 66.5 cm³/mol. The lowest BCUT2D eigenvalue weighted by Crippen LogP contribution is -2.56. The molecule has 3 heterocycles. The smallest absolute Gasteiger partial charge is 0.190 e. The summed E-state index contributed by atoms with van der Waals surface area (Å²) in [5.74, 6) is -1.47. The van der Waals surface area contributed by atoms with E-state index in [9.17, 15) is 0 Å². The SMILES string of the molecule is CC1(C)O[C@H]2O[C@H]3[C@H](OC(C)(C)O[C@H]3CN=[N+]=[N-])[C@H]2O1. The van der Waals surface area contributed by atoms with Crippen molar-refractivity contribution in [3.8, 4) is 0 Å². The minimum absolute atomic E-state index is 0.188. The zero-order chi connectivity index (χ0) is 14.5. The van der Waals surface area contributed by atoms with Gasteiger partial charge < -0.3 is 23.7 Å². The molecule has 0 radical (unpaired) electrons. The zero-order valence-electron chi connectivity index (χ0n) is 12.0. The molecule has 0 unspecified atom stereocenters. The highest BCUT2D eigenvalue weighted by Crippen LogP contribution is 2.44. The molecule has 3 fully saturated rings. The molecule has 0 saturated carbocycles. The van der Waals surface area contributed by atoms with E-state index < -0.39 is 17.9 Å². The molecule has 20 heavy (non-hydrogen) atoms. The summed E-state index contributed by atoms with van der Waals surface area (Å²) >= 11 is 0. The summed E-state index contributed by atoms with van der Waals surface area (Å²) in [6.45, 7) is 7.51. The van der Waals surface area contributed by atoms with Gasteiger partial charge in [0.25, 0.3) is 0 Å². The van der Waals surface area contributed by atoms with Crippen LogP contribution in [0.2, 0.25) is 0 Å². The normalized spacial score (nSPS) is 44.5. The molecule has 0 amide bonds. The first-order valence-electron chi connectivity index (χ1n) is 6.69. The van der Waals surface area contributed by atoms with Crippen LogP contribution in [0.5, 0.6) is 0 Å². The summed E-state index contributed by atoms with van der Waals surface area (Å²) in [6, 6.07) is 0. The fourth-order valence-corrected chi connectivity index (χ4v) is 2.98. The molecular weight excluding hydrogens is 266 g/mol. The minimum Gasteiger partial charge on any atom is -0.344 e. The van der Waals surface area contributed by atoms with Gasteiger partial charge in [0.2, 0.25) is 0 Å². The lowest BCUT2D eigenvalue weighted by molar-refractivity contribution is -0.341. The maximum absolute atomic E-state index is 8.48. The first kappa shape index (κ1) is 14.1. The molecule has 0 aromatic rings. The highest BCUT2D eigenvalue weighted by Gasteiger charge is 2.60. The second-order valence-electron chi connectivity index (χ2n) is 6.12. The van der Waals surface area contributed by atoms with Crippen molar-refractivity contribution >= 4 is 0 Å². The summed E-state index contributed by atoms with van der Waals surface area (Å²) < 4.78 is 29.1. The van der Waals surface area contributed by atoms with Crippen LogP contribution >= 0.6 is 0 Å². The Morgan fingerprint density at radius 1 is 0.950 bits per heavy atom. The van der Waals surface area contributed by atoms with Crippen LogP contribution in [0.25, 0.3) is 10.4 Å². The molecule has 8 heteroatoms. The lowest BCUT2D eigenvalue weighted by atomic mass is 10.0. The van der Waals surface area contributed by atoms with Crippen molar-refractivity contribution in [1.82, 2.24) is 0 Å². The van der Waals surface area contributed by atoms with Crippen molar-refractivity contribution in [2.45, 2.75) is 70.0 Å². The van der Waals surface area contributed by atoms with Crippen molar-refractivity contribution in [3.63, 3.8) is 0 Å². The fourth-order valence-electron chi connectivity index (χ4n) is 2.98. The van der Waals surface area contributed by atoms with Gasteiger partial charge in [-0.05, 0) is 33.2 Å². The van der Waals surface area contributed by atoms with Gasteiger partial charge in [0.15, 0.2) is 17.9 Å². The van der Waals surface area contributed by atoms with E-state index >= 15 is 0 Å². The largest absolute Gasteiger partial charge is 0.344 e. The second kappa shape index (κ2) is 4.56. The van der Waals surface area contributed by atoms with Crippen molar-refractivity contribution in [1.29, 1.82) is 0 Å². The Morgan fingerprint density at radius 2 is 1.60 bits per heavy atom. The van der Waals surface area contributed by atoms with Crippen molar-refractivity contribution < 1.29 is 23.7 Å². The van der Waals surface area contributed by atoms with Gasteiger partial charge in [0.1, 0.15) is 18.3 Å². The molecule has 0 aromatic heterocycles. The number of azide groups is 1. The van der Waals surface area contributed by atoms with E-state index in [-0.39, 0.29) is 31.0 Å². The molecule has 5 atom stereocenters. The third-order valence-electron chi connectivity index (χ3n) is 3.57. The minimum atomic E-state index is -0.787. The van der Waals surface area contributed by atoms with Crippen LogP contribution in [-0.4, -0.2) is 48.8 Å². The Bertz CT molecular complexity index is 448. The Morgan fingerprint density at radius 3 is 2.30 bits per heavy atom.